The molecule has 7 heteroatoms. The Bertz CT molecular complexity index is 416. The van der Waals surface area contributed by atoms with Gasteiger partial charge in [0.15, 0.2) is 0 Å². The Kier molecular flexibility index (Phi) is 4.27. The zero-order valence-corrected chi connectivity index (χ0v) is 11.6. The van der Waals surface area contributed by atoms with Gasteiger partial charge in [0.2, 0.25) is 11.8 Å². The summed E-state index contributed by atoms with van der Waals surface area (Å²) in [5.41, 5.74) is -0.911. The Morgan fingerprint density at radius 3 is 2.75 bits per heavy atom. The van der Waals surface area contributed by atoms with Crippen molar-refractivity contribution in [3.05, 3.63) is 0 Å². The molecule has 1 aliphatic heterocycles. The predicted molar refractivity (Wildman–Crippen MR) is 70.9 cm³/mol. The Balaban J connectivity index is 1.98. The maximum atomic E-state index is 12.2. The van der Waals surface area contributed by atoms with E-state index in [1.165, 1.54) is 0 Å². The average molecular weight is 283 g/mol. The second kappa shape index (κ2) is 5.78. The first-order chi connectivity index (χ1) is 9.43. The molecule has 0 aromatic rings. The Morgan fingerprint density at radius 1 is 1.40 bits per heavy atom. The van der Waals surface area contributed by atoms with Crippen molar-refractivity contribution in [1.29, 1.82) is 0 Å². The van der Waals surface area contributed by atoms with E-state index in [4.69, 9.17) is 0 Å². The van der Waals surface area contributed by atoms with Crippen LogP contribution in [0, 0.1) is 5.41 Å². The number of carboxylic acid groups (broad SMARTS) is 1. The number of rotatable bonds is 3. The van der Waals surface area contributed by atoms with Crippen LogP contribution in [0.4, 0.5) is 0 Å². The number of amides is 2. The number of aliphatic carboxylic acids is 1. The van der Waals surface area contributed by atoms with Gasteiger partial charge in [0.05, 0.1) is 12.0 Å². The number of carbonyl (C=O) groups excluding carboxylic acids is 2. The van der Waals surface area contributed by atoms with E-state index in [9.17, 15) is 19.5 Å². The summed E-state index contributed by atoms with van der Waals surface area (Å²) >= 11 is 0. The number of piperazine rings is 1. The molecule has 0 bridgehead atoms. The van der Waals surface area contributed by atoms with Crippen molar-refractivity contribution in [2.75, 3.05) is 13.1 Å². The van der Waals surface area contributed by atoms with Crippen molar-refractivity contribution in [3.8, 4) is 0 Å². The maximum absolute atomic E-state index is 12.2. The van der Waals surface area contributed by atoms with Crippen molar-refractivity contribution in [3.63, 3.8) is 0 Å². The fourth-order valence-electron chi connectivity index (χ4n) is 2.85. The number of carbonyl (C=O) groups is 3. The highest BCUT2D eigenvalue weighted by molar-refractivity contribution is 5.87. The third-order valence-corrected chi connectivity index (χ3v) is 4.34. The largest absolute Gasteiger partial charge is 0.481 e. The molecule has 0 aromatic carbocycles. The van der Waals surface area contributed by atoms with Crippen molar-refractivity contribution in [2.24, 2.45) is 5.41 Å². The number of hydrogen-bond donors (Lipinski definition) is 4. The molecular formula is C13H21N3O4. The maximum Gasteiger partial charge on any atom is 0.311 e. The van der Waals surface area contributed by atoms with E-state index in [-0.39, 0.29) is 30.9 Å². The van der Waals surface area contributed by atoms with Crippen LogP contribution in [0.2, 0.25) is 0 Å². The lowest BCUT2D eigenvalue weighted by Crippen LogP contribution is -2.61. The van der Waals surface area contributed by atoms with Gasteiger partial charge in [-0.25, -0.2) is 0 Å². The molecule has 7 nitrogen and oxygen atoms in total. The molecule has 2 aliphatic rings. The van der Waals surface area contributed by atoms with Gasteiger partial charge in [0.25, 0.3) is 0 Å². The molecule has 2 rings (SSSR count). The molecule has 20 heavy (non-hydrogen) atoms. The first-order valence-corrected chi connectivity index (χ1v) is 6.97. The number of hydrogen-bond acceptors (Lipinski definition) is 4. The number of carboxylic acids is 1. The standard InChI is InChI=1S/C13H21N3O4/c1-13(12(19)20)5-3-2-4-9(13)16-11(18)8-6-15-10(17)7-14-8/h8-9,14H,2-7H2,1H3,(H,15,17)(H,16,18)(H,19,20). The SMILES string of the molecule is CC1(C(=O)O)CCCCC1NC(=O)C1CNC(=O)CN1. The van der Waals surface area contributed by atoms with Crippen LogP contribution >= 0.6 is 0 Å². The summed E-state index contributed by atoms with van der Waals surface area (Å²) in [4.78, 5) is 34.7. The molecule has 0 spiro atoms. The van der Waals surface area contributed by atoms with E-state index in [1.807, 2.05) is 0 Å². The van der Waals surface area contributed by atoms with Gasteiger partial charge in [0, 0.05) is 12.6 Å². The van der Waals surface area contributed by atoms with Crippen LogP contribution < -0.4 is 16.0 Å². The van der Waals surface area contributed by atoms with E-state index in [2.05, 4.69) is 16.0 Å². The van der Waals surface area contributed by atoms with Crippen LogP contribution in [0.3, 0.4) is 0 Å². The Labute approximate surface area is 117 Å². The lowest BCUT2D eigenvalue weighted by atomic mass is 9.71. The molecule has 0 radical (unpaired) electrons. The van der Waals surface area contributed by atoms with Gasteiger partial charge in [0.1, 0.15) is 6.04 Å². The highest BCUT2D eigenvalue weighted by Crippen LogP contribution is 2.36. The molecule has 2 amide bonds. The van der Waals surface area contributed by atoms with Crippen molar-refractivity contribution >= 4 is 17.8 Å². The second-order valence-electron chi connectivity index (χ2n) is 5.77. The molecular weight excluding hydrogens is 262 g/mol. The van der Waals surface area contributed by atoms with Gasteiger partial charge in [-0.2, -0.15) is 0 Å². The predicted octanol–water partition coefficient (Wildman–Crippen LogP) is -0.776. The van der Waals surface area contributed by atoms with E-state index in [1.54, 1.807) is 6.92 Å². The molecule has 1 saturated carbocycles. The molecule has 1 saturated heterocycles. The lowest BCUT2D eigenvalue weighted by Gasteiger charge is -2.39. The first-order valence-electron chi connectivity index (χ1n) is 6.97. The van der Waals surface area contributed by atoms with E-state index < -0.39 is 17.4 Å². The summed E-state index contributed by atoms with van der Waals surface area (Å²) in [5, 5.41) is 17.7. The fraction of sp³-hybridized carbons (Fsp3) is 0.769. The minimum Gasteiger partial charge on any atom is -0.481 e. The van der Waals surface area contributed by atoms with Crippen LogP contribution in [0.15, 0.2) is 0 Å². The van der Waals surface area contributed by atoms with Crippen LogP contribution in [0.1, 0.15) is 32.6 Å². The highest BCUT2D eigenvalue weighted by atomic mass is 16.4. The second-order valence-corrected chi connectivity index (χ2v) is 5.77. The van der Waals surface area contributed by atoms with E-state index >= 15 is 0 Å². The molecule has 3 unspecified atom stereocenters. The monoisotopic (exact) mass is 283 g/mol. The quantitative estimate of drug-likeness (QED) is 0.544. The molecule has 1 aliphatic carbocycles. The average Bonchev–Trinajstić information content (AvgIpc) is 2.42. The van der Waals surface area contributed by atoms with Crippen molar-refractivity contribution in [2.45, 2.75) is 44.7 Å². The minimum atomic E-state index is -0.911. The normalized spacial score (nSPS) is 34.1. The van der Waals surface area contributed by atoms with Crippen LogP contribution in [-0.2, 0) is 14.4 Å². The summed E-state index contributed by atoms with van der Waals surface area (Å²) in [6.45, 7) is 2.04. The molecule has 1 heterocycles. The molecule has 112 valence electrons. The minimum absolute atomic E-state index is 0.110. The summed E-state index contributed by atoms with van der Waals surface area (Å²) in [6, 6.07) is -0.853. The highest BCUT2D eigenvalue weighted by Gasteiger charge is 2.44. The Hall–Kier alpha value is -1.63. The first kappa shape index (κ1) is 14.8. The van der Waals surface area contributed by atoms with Crippen LogP contribution in [0.5, 0.6) is 0 Å². The smallest absolute Gasteiger partial charge is 0.311 e. The van der Waals surface area contributed by atoms with E-state index in [0.29, 0.717) is 12.8 Å². The zero-order valence-electron chi connectivity index (χ0n) is 11.6. The van der Waals surface area contributed by atoms with Crippen molar-refractivity contribution < 1.29 is 19.5 Å². The van der Waals surface area contributed by atoms with Crippen LogP contribution in [-0.4, -0.2) is 48.1 Å². The molecule has 4 N–H and O–H groups in total. The van der Waals surface area contributed by atoms with Gasteiger partial charge >= 0.3 is 5.97 Å². The lowest BCUT2D eigenvalue weighted by molar-refractivity contribution is -0.152. The van der Waals surface area contributed by atoms with E-state index in [0.717, 1.165) is 12.8 Å². The zero-order chi connectivity index (χ0) is 14.8. The Morgan fingerprint density at radius 2 is 2.15 bits per heavy atom. The van der Waals surface area contributed by atoms with Crippen molar-refractivity contribution in [1.82, 2.24) is 16.0 Å². The van der Waals surface area contributed by atoms with Gasteiger partial charge < -0.3 is 15.7 Å². The summed E-state index contributed by atoms with van der Waals surface area (Å²) in [7, 11) is 0. The molecule has 0 aromatic heterocycles. The molecule has 2 fully saturated rings. The summed E-state index contributed by atoms with van der Waals surface area (Å²) in [5.74, 6) is -1.25. The van der Waals surface area contributed by atoms with Gasteiger partial charge in [-0.15, -0.1) is 0 Å². The molecule has 3 atom stereocenters. The van der Waals surface area contributed by atoms with Gasteiger partial charge in [-0.3, -0.25) is 19.7 Å². The summed E-state index contributed by atoms with van der Waals surface area (Å²) < 4.78 is 0. The van der Waals surface area contributed by atoms with Crippen LogP contribution in [0.25, 0.3) is 0 Å². The van der Waals surface area contributed by atoms with Gasteiger partial charge in [-0.1, -0.05) is 12.8 Å². The fourth-order valence-corrected chi connectivity index (χ4v) is 2.85. The third-order valence-electron chi connectivity index (χ3n) is 4.34. The topological polar surface area (TPSA) is 108 Å². The third kappa shape index (κ3) is 2.92. The van der Waals surface area contributed by atoms with Gasteiger partial charge in [-0.05, 0) is 19.8 Å². The summed E-state index contributed by atoms with van der Waals surface area (Å²) in [6.07, 6.45) is 3.03. The number of nitrogens with one attached hydrogen (secondary N) is 3.